The summed E-state index contributed by atoms with van der Waals surface area (Å²) in [6.07, 6.45) is 0.639. The SMILES string of the molecule is C[C@H](Sc1nnc(Cc2ccccc2)n1C)C(=O)Nc1ccc(F)c(F)c1. The van der Waals surface area contributed by atoms with E-state index in [1.165, 1.54) is 17.8 Å². The van der Waals surface area contributed by atoms with E-state index in [1.54, 1.807) is 6.92 Å². The zero-order valence-corrected chi connectivity index (χ0v) is 15.6. The van der Waals surface area contributed by atoms with Gasteiger partial charge in [-0.25, -0.2) is 8.78 Å². The molecule has 0 radical (unpaired) electrons. The smallest absolute Gasteiger partial charge is 0.237 e. The van der Waals surface area contributed by atoms with Crippen LogP contribution < -0.4 is 5.32 Å². The lowest BCUT2D eigenvalue weighted by atomic mass is 10.1. The van der Waals surface area contributed by atoms with Crippen LogP contribution in [0.3, 0.4) is 0 Å². The van der Waals surface area contributed by atoms with E-state index < -0.39 is 16.9 Å². The fourth-order valence-corrected chi connectivity index (χ4v) is 3.24. The minimum atomic E-state index is -1.01. The number of aromatic nitrogens is 3. The van der Waals surface area contributed by atoms with Crippen LogP contribution in [-0.4, -0.2) is 25.9 Å². The van der Waals surface area contributed by atoms with Crippen LogP contribution in [0.1, 0.15) is 18.3 Å². The number of nitrogens with zero attached hydrogens (tertiary/aromatic N) is 3. The second-order valence-electron chi connectivity index (χ2n) is 6.00. The number of hydrogen-bond acceptors (Lipinski definition) is 4. The van der Waals surface area contributed by atoms with Gasteiger partial charge in [0.2, 0.25) is 5.91 Å². The van der Waals surface area contributed by atoms with Crippen LogP contribution in [0.25, 0.3) is 0 Å². The fraction of sp³-hybridized carbons (Fsp3) is 0.211. The van der Waals surface area contributed by atoms with E-state index in [0.29, 0.717) is 11.6 Å². The van der Waals surface area contributed by atoms with E-state index in [4.69, 9.17) is 0 Å². The summed E-state index contributed by atoms with van der Waals surface area (Å²) in [5.41, 5.74) is 1.32. The van der Waals surface area contributed by atoms with Crippen molar-refractivity contribution in [1.29, 1.82) is 0 Å². The first-order chi connectivity index (χ1) is 12.9. The molecule has 0 unspecified atom stereocenters. The lowest BCUT2D eigenvalue weighted by molar-refractivity contribution is -0.115. The minimum absolute atomic E-state index is 0.203. The van der Waals surface area contributed by atoms with E-state index >= 15 is 0 Å². The van der Waals surface area contributed by atoms with Gasteiger partial charge in [-0.2, -0.15) is 0 Å². The molecular weight excluding hydrogens is 370 g/mol. The number of anilines is 1. The number of halogens is 2. The van der Waals surface area contributed by atoms with Gasteiger partial charge in [-0.05, 0) is 24.6 Å². The maximum Gasteiger partial charge on any atom is 0.237 e. The molecule has 0 aliphatic heterocycles. The van der Waals surface area contributed by atoms with Gasteiger partial charge in [0.15, 0.2) is 16.8 Å². The quantitative estimate of drug-likeness (QED) is 0.653. The average molecular weight is 388 g/mol. The third-order valence-corrected chi connectivity index (χ3v) is 5.10. The molecule has 0 spiro atoms. The summed E-state index contributed by atoms with van der Waals surface area (Å²) < 4.78 is 28.1. The van der Waals surface area contributed by atoms with E-state index in [1.807, 2.05) is 41.9 Å². The molecule has 1 atom stereocenters. The van der Waals surface area contributed by atoms with Gasteiger partial charge >= 0.3 is 0 Å². The lowest BCUT2D eigenvalue weighted by Crippen LogP contribution is -2.23. The molecule has 2 aromatic carbocycles. The zero-order chi connectivity index (χ0) is 19.4. The zero-order valence-electron chi connectivity index (χ0n) is 14.8. The third kappa shape index (κ3) is 4.71. The van der Waals surface area contributed by atoms with Gasteiger partial charge in [0.25, 0.3) is 0 Å². The monoisotopic (exact) mass is 388 g/mol. The van der Waals surface area contributed by atoms with Gasteiger partial charge in [-0.1, -0.05) is 42.1 Å². The number of carbonyl (C=O) groups excluding carboxylic acids is 1. The first-order valence-corrected chi connectivity index (χ1v) is 9.17. The van der Waals surface area contributed by atoms with Crippen LogP contribution in [-0.2, 0) is 18.3 Å². The summed E-state index contributed by atoms with van der Waals surface area (Å²) in [4.78, 5) is 12.3. The molecule has 1 N–H and O–H groups in total. The molecule has 3 aromatic rings. The summed E-state index contributed by atoms with van der Waals surface area (Å²) in [6.45, 7) is 1.71. The Labute approximate surface area is 159 Å². The van der Waals surface area contributed by atoms with Crippen molar-refractivity contribution in [2.45, 2.75) is 23.8 Å². The largest absolute Gasteiger partial charge is 0.325 e. The Morgan fingerprint density at radius 3 is 2.59 bits per heavy atom. The maximum absolute atomic E-state index is 13.3. The topological polar surface area (TPSA) is 59.8 Å². The second kappa shape index (κ2) is 8.30. The molecule has 0 bridgehead atoms. The predicted octanol–water partition coefficient (Wildman–Crippen LogP) is 3.80. The molecule has 1 heterocycles. The maximum atomic E-state index is 13.3. The molecule has 3 rings (SSSR count). The van der Waals surface area contributed by atoms with Crippen molar-refractivity contribution in [2.24, 2.45) is 7.05 Å². The highest BCUT2D eigenvalue weighted by Crippen LogP contribution is 2.23. The molecular formula is C19H18F2N4OS. The van der Waals surface area contributed by atoms with Crippen molar-refractivity contribution in [3.8, 4) is 0 Å². The van der Waals surface area contributed by atoms with Gasteiger partial charge in [0.1, 0.15) is 5.82 Å². The first kappa shape index (κ1) is 19.0. The minimum Gasteiger partial charge on any atom is -0.325 e. The Bertz CT molecular complexity index is 946. The van der Waals surface area contributed by atoms with Crippen LogP contribution in [0, 0.1) is 11.6 Å². The number of rotatable bonds is 6. The van der Waals surface area contributed by atoms with Crippen LogP contribution in [0.15, 0.2) is 53.7 Å². The number of nitrogens with one attached hydrogen (secondary N) is 1. The molecule has 5 nitrogen and oxygen atoms in total. The molecule has 8 heteroatoms. The molecule has 27 heavy (non-hydrogen) atoms. The van der Waals surface area contributed by atoms with Crippen molar-refractivity contribution in [3.63, 3.8) is 0 Å². The van der Waals surface area contributed by atoms with E-state index in [9.17, 15) is 13.6 Å². The number of thioether (sulfide) groups is 1. The first-order valence-electron chi connectivity index (χ1n) is 8.29. The summed E-state index contributed by atoms with van der Waals surface area (Å²) in [5, 5.41) is 11.0. The molecule has 140 valence electrons. The highest BCUT2D eigenvalue weighted by molar-refractivity contribution is 8.00. The van der Waals surface area contributed by atoms with Gasteiger partial charge in [-0.3, -0.25) is 4.79 Å². The van der Waals surface area contributed by atoms with Crippen molar-refractivity contribution in [1.82, 2.24) is 14.8 Å². The van der Waals surface area contributed by atoms with E-state index in [-0.39, 0.29) is 11.6 Å². The Kier molecular flexibility index (Phi) is 5.85. The van der Waals surface area contributed by atoms with Gasteiger partial charge in [0, 0.05) is 25.2 Å². The van der Waals surface area contributed by atoms with Gasteiger partial charge < -0.3 is 9.88 Å². The van der Waals surface area contributed by atoms with Gasteiger partial charge in [-0.15, -0.1) is 10.2 Å². The summed E-state index contributed by atoms with van der Waals surface area (Å²) in [7, 11) is 1.85. The Hall–Kier alpha value is -2.74. The highest BCUT2D eigenvalue weighted by Gasteiger charge is 2.19. The fourth-order valence-electron chi connectivity index (χ4n) is 2.41. The van der Waals surface area contributed by atoms with E-state index in [2.05, 4.69) is 15.5 Å². The van der Waals surface area contributed by atoms with Crippen molar-refractivity contribution >= 4 is 23.4 Å². The van der Waals surface area contributed by atoms with Gasteiger partial charge in [0.05, 0.1) is 5.25 Å². The number of amides is 1. The van der Waals surface area contributed by atoms with Crippen LogP contribution in [0.2, 0.25) is 0 Å². The summed E-state index contributed by atoms with van der Waals surface area (Å²) >= 11 is 1.25. The Morgan fingerprint density at radius 1 is 1.15 bits per heavy atom. The third-order valence-electron chi connectivity index (χ3n) is 3.97. The Morgan fingerprint density at radius 2 is 1.89 bits per heavy atom. The van der Waals surface area contributed by atoms with Crippen molar-refractivity contribution in [2.75, 3.05) is 5.32 Å². The summed E-state index contributed by atoms with van der Waals surface area (Å²) in [5.74, 6) is -1.51. The lowest BCUT2D eigenvalue weighted by Gasteiger charge is -2.12. The Balaban J connectivity index is 1.64. The summed E-state index contributed by atoms with van der Waals surface area (Å²) in [6, 6.07) is 13.1. The predicted molar refractivity (Wildman–Crippen MR) is 101 cm³/mol. The van der Waals surface area contributed by atoms with Crippen LogP contribution in [0.5, 0.6) is 0 Å². The molecule has 0 saturated heterocycles. The number of hydrogen-bond donors (Lipinski definition) is 1. The molecule has 0 saturated carbocycles. The molecule has 0 fully saturated rings. The normalized spacial score (nSPS) is 12.0. The molecule has 0 aliphatic carbocycles. The second-order valence-corrected chi connectivity index (χ2v) is 7.31. The van der Waals surface area contributed by atoms with Crippen LogP contribution in [0.4, 0.5) is 14.5 Å². The standard InChI is InChI=1S/C19H18F2N4OS/c1-12(18(26)22-14-8-9-15(20)16(21)11-14)27-19-24-23-17(25(19)2)10-13-6-4-3-5-7-13/h3-9,11-12H,10H2,1-2H3,(H,22,26)/t12-/m0/s1. The van der Waals surface area contributed by atoms with Crippen LogP contribution >= 0.6 is 11.8 Å². The molecule has 1 amide bonds. The molecule has 1 aromatic heterocycles. The van der Waals surface area contributed by atoms with Crippen molar-refractivity contribution in [3.05, 3.63) is 71.6 Å². The number of benzene rings is 2. The number of carbonyl (C=O) groups is 1. The van der Waals surface area contributed by atoms with E-state index in [0.717, 1.165) is 23.5 Å². The average Bonchev–Trinajstić information content (AvgIpc) is 2.99. The highest BCUT2D eigenvalue weighted by atomic mass is 32.2. The van der Waals surface area contributed by atoms with Crippen molar-refractivity contribution < 1.29 is 13.6 Å². The molecule has 0 aliphatic rings.